The highest BCUT2D eigenvalue weighted by atomic mass is 35.5. The lowest BCUT2D eigenvalue weighted by Gasteiger charge is -2.12. The predicted molar refractivity (Wildman–Crippen MR) is 96.7 cm³/mol. The van der Waals surface area contributed by atoms with E-state index in [1.807, 2.05) is 12.1 Å². The second-order valence-electron chi connectivity index (χ2n) is 6.27. The second-order valence-corrected chi connectivity index (χ2v) is 8.77. The van der Waals surface area contributed by atoms with Gasteiger partial charge in [0.2, 0.25) is 0 Å². The topological polar surface area (TPSA) is 89.6 Å². The quantitative estimate of drug-likeness (QED) is 0.800. The van der Waals surface area contributed by atoms with Gasteiger partial charge in [0.05, 0.1) is 23.9 Å². The fourth-order valence-electron chi connectivity index (χ4n) is 3.53. The van der Waals surface area contributed by atoms with Crippen molar-refractivity contribution in [2.75, 3.05) is 20.3 Å². The Kier molecular flexibility index (Phi) is 4.81. The van der Waals surface area contributed by atoms with Gasteiger partial charge in [0.15, 0.2) is 9.84 Å². The van der Waals surface area contributed by atoms with Gasteiger partial charge in [0.1, 0.15) is 5.75 Å². The van der Waals surface area contributed by atoms with Crippen LogP contribution in [0.25, 0.3) is 0 Å². The van der Waals surface area contributed by atoms with Gasteiger partial charge >= 0.3 is 0 Å². The van der Waals surface area contributed by atoms with Crippen LogP contribution < -0.4 is 10.5 Å². The summed E-state index contributed by atoms with van der Waals surface area (Å²) >= 11 is 5.85. The van der Waals surface area contributed by atoms with Crippen LogP contribution in [0.4, 0.5) is 0 Å². The number of aliphatic hydroxyl groups is 1. The molecule has 25 heavy (non-hydrogen) atoms. The maximum absolute atomic E-state index is 13.1. The number of benzene rings is 2. The normalized spacial score (nSPS) is 25.6. The molecule has 1 aliphatic rings. The van der Waals surface area contributed by atoms with Crippen molar-refractivity contribution in [1.82, 2.24) is 0 Å². The molecule has 0 amide bonds. The Morgan fingerprint density at radius 2 is 1.76 bits per heavy atom. The van der Waals surface area contributed by atoms with Crippen molar-refractivity contribution in [2.24, 2.45) is 11.1 Å². The molecule has 1 aliphatic carbocycles. The van der Waals surface area contributed by atoms with Gasteiger partial charge in [-0.05, 0) is 42.0 Å². The van der Waals surface area contributed by atoms with Crippen LogP contribution >= 0.6 is 11.6 Å². The molecule has 3 N–H and O–H groups in total. The van der Waals surface area contributed by atoms with Crippen molar-refractivity contribution in [3.05, 3.63) is 59.1 Å². The summed E-state index contributed by atoms with van der Waals surface area (Å²) in [6, 6.07) is 13.3. The molecule has 1 fully saturated rings. The monoisotopic (exact) mass is 381 g/mol. The van der Waals surface area contributed by atoms with E-state index in [1.54, 1.807) is 31.4 Å². The number of halogens is 1. The van der Waals surface area contributed by atoms with Crippen LogP contribution in [0.2, 0.25) is 5.02 Å². The molecule has 0 spiro atoms. The zero-order chi connectivity index (χ0) is 18.2. The van der Waals surface area contributed by atoms with Gasteiger partial charge in [0, 0.05) is 22.9 Å². The minimum absolute atomic E-state index is 0.0810. The van der Waals surface area contributed by atoms with Gasteiger partial charge in [0.25, 0.3) is 0 Å². The summed E-state index contributed by atoms with van der Waals surface area (Å²) in [6.07, 6.45) is 0. The van der Waals surface area contributed by atoms with Crippen molar-refractivity contribution in [1.29, 1.82) is 0 Å². The van der Waals surface area contributed by atoms with E-state index >= 15 is 0 Å². The molecular weight excluding hydrogens is 362 g/mol. The first kappa shape index (κ1) is 18.2. The molecule has 2 aromatic rings. The third kappa shape index (κ3) is 2.93. The maximum Gasteiger partial charge on any atom is 0.182 e. The van der Waals surface area contributed by atoms with Crippen molar-refractivity contribution in [3.63, 3.8) is 0 Å². The highest BCUT2D eigenvalue weighted by Crippen LogP contribution is 2.63. The Balaban J connectivity index is 2.02. The third-order valence-corrected chi connectivity index (χ3v) is 7.60. The average Bonchev–Trinajstić information content (AvgIpc) is 3.33. The summed E-state index contributed by atoms with van der Waals surface area (Å²) in [5.74, 6) is 0.318. The van der Waals surface area contributed by atoms with Crippen LogP contribution in [0.15, 0.2) is 53.4 Å². The van der Waals surface area contributed by atoms with Crippen LogP contribution in [0.5, 0.6) is 5.75 Å². The van der Waals surface area contributed by atoms with E-state index in [-0.39, 0.29) is 24.0 Å². The van der Waals surface area contributed by atoms with E-state index in [9.17, 15) is 13.5 Å². The molecule has 0 unspecified atom stereocenters. The van der Waals surface area contributed by atoms with Gasteiger partial charge in [-0.1, -0.05) is 23.7 Å². The summed E-state index contributed by atoms with van der Waals surface area (Å²) in [5, 5.41) is 9.62. The van der Waals surface area contributed by atoms with E-state index in [0.717, 1.165) is 5.56 Å². The number of hydrogen-bond donors (Lipinski definition) is 2. The molecule has 134 valence electrons. The zero-order valence-electron chi connectivity index (χ0n) is 13.7. The van der Waals surface area contributed by atoms with E-state index in [2.05, 4.69) is 0 Å². The standard InChI is InChI=1S/C18H20ClNO4S/c1-24-14-6-2-12(3-7-14)16-17(18(16,10-20)11-21)25(22,23)15-8-4-13(19)5-9-15/h2-9,16-17,21H,10-11,20H2,1H3/t16-,17-,18+/m1/s1. The van der Waals surface area contributed by atoms with Gasteiger partial charge < -0.3 is 15.6 Å². The first-order valence-corrected chi connectivity index (χ1v) is 9.77. The molecule has 0 heterocycles. The molecule has 3 atom stereocenters. The molecule has 2 aromatic carbocycles. The van der Waals surface area contributed by atoms with E-state index in [0.29, 0.717) is 10.8 Å². The molecular formula is C18H20ClNO4S. The number of hydrogen-bond acceptors (Lipinski definition) is 5. The Hall–Kier alpha value is -1.60. The summed E-state index contributed by atoms with van der Waals surface area (Å²) in [4.78, 5) is 0.184. The summed E-state index contributed by atoms with van der Waals surface area (Å²) in [7, 11) is -2.09. The fraction of sp³-hybridized carbons (Fsp3) is 0.333. The lowest BCUT2D eigenvalue weighted by Crippen LogP contribution is -2.27. The second kappa shape index (κ2) is 6.61. The SMILES string of the molecule is COc1ccc([C@@H]2[C@@H](S(=O)(=O)c3ccc(Cl)cc3)[C@@]2(CN)CO)cc1. The number of sulfone groups is 1. The number of nitrogens with two attached hydrogens (primary N) is 1. The Morgan fingerprint density at radius 3 is 2.24 bits per heavy atom. The van der Waals surface area contributed by atoms with Crippen molar-refractivity contribution in [2.45, 2.75) is 16.1 Å². The van der Waals surface area contributed by atoms with Crippen LogP contribution in [0.1, 0.15) is 11.5 Å². The first-order chi connectivity index (χ1) is 11.9. The number of aliphatic hydroxyl groups excluding tert-OH is 1. The van der Waals surface area contributed by atoms with Crippen LogP contribution in [-0.4, -0.2) is 39.0 Å². The molecule has 1 saturated carbocycles. The Morgan fingerprint density at radius 1 is 1.16 bits per heavy atom. The maximum atomic E-state index is 13.1. The Bertz CT molecular complexity index is 846. The molecule has 7 heteroatoms. The number of rotatable bonds is 6. The molecule has 0 bridgehead atoms. The lowest BCUT2D eigenvalue weighted by atomic mass is 10.00. The summed E-state index contributed by atoms with van der Waals surface area (Å²) in [6.45, 7) is -0.213. The molecule has 0 aliphatic heterocycles. The van der Waals surface area contributed by atoms with Gasteiger partial charge in [-0.3, -0.25) is 0 Å². The zero-order valence-corrected chi connectivity index (χ0v) is 15.3. The van der Waals surface area contributed by atoms with Gasteiger partial charge in [-0.25, -0.2) is 8.42 Å². The molecule has 0 aromatic heterocycles. The third-order valence-electron chi connectivity index (χ3n) is 5.01. The smallest absolute Gasteiger partial charge is 0.182 e. The highest BCUT2D eigenvalue weighted by molar-refractivity contribution is 7.92. The van der Waals surface area contributed by atoms with Crippen molar-refractivity contribution >= 4 is 21.4 Å². The number of ether oxygens (including phenoxy) is 1. The number of methoxy groups -OCH3 is 1. The average molecular weight is 382 g/mol. The molecule has 3 rings (SSSR count). The van der Waals surface area contributed by atoms with E-state index in [4.69, 9.17) is 22.1 Å². The summed E-state index contributed by atoms with van der Waals surface area (Å²) < 4.78 is 31.4. The first-order valence-electron chi connectivity index (χ1n) is 7.85. The molecule has 0 radical (unpaired) electrons. The van der Waals surface area contributed by atoms with Crippen LogP contribution in [-0.2, 0) is 9.84 Å². The lowest BCUT2D eigenvalue weighted by molar-refractivity contribution is 0.212. The van der Waals surface area contributed by atoms with Crippen LogP contribution in [0, 0.1) is 5.41 Å². The van der Waals surface area contributed by atoms with Gasteiger partial charge in [-0.15, -0.1) is 0 Å². The van der Waals surface area contributed by atoms with Gasteiger partial charge in [-0.2, -0.15) is 0 Å². The van der Waals surface area contributed by atoms with Crippen LogP contribution in [0.3, 0.4) is 0 Å². The largest absolute Gasteiger partial charge is 0.497 e. The van der Waals surface area contributed by atoms with Crippen molar-refractivity contribution < 1.29 is 18.3 Å². The minimum Gasteiger partial charge on any atom is -0.497 e. The summed E-state index contributed by atoms with van der Waals surface area (Å²) in [5.41, 5.74) is 5.82. The Labute approximate surface area is 152 Å². The van der Waals surface area contributed by atoms with E-state index in [1.165, 1.54) is 12.1 Å². The van der Waals surface area contributed by atoms with Crippen molar-refractivity contribution in [3.8, 4) is 5.75 Å². The predicted octanol–water partition coefficient (Wildman–Crippen LogP) is 2.23. The fourth-order valence-corrected chi connectivity index (χ4v) is 6.10. The highest BCUT2D eigenvalue weighted by Gasteiger charge is 2.70. The van der Waals surface area contributed by atoms with E-state index < -0.39 is 20.5 Å². The molecule has 5 nitrogen and oxygen atoms in total. The molecule has 0 saturated heterocycles. The minimum atomic E-state index is -3.66.